The van der Waals surface area contributed by atoms with Crippen LogP contribution in [0.1, 0.15) is 31.9 Å². The highest BCUT2D eigenvalue weighted by Crippen LogP contribution is 2.33. The maximum atomic E-state index is 12.2. The Hall–Kier alpha value is -2.05. The van der Waals surface area contributed by atoms with Crippen molar-refractivity contribution in [1.29, 1.82) is 0 Å². The van der Waals surface area contributed by atoms with Gasteiger partial charge in [0.2, 0.25) is 10.0 Å². The lowest BCUT2D eigenvalue weighted by Crippen LogP contribution is -2.28. The summed E-state index contributed by atoms with van der Waals surface area (Å²) in [4.78, 5) is 0.188. The van der Waals surface area contributed by atoms with Gasteiger partial charge in [0.25, 0.3) is 0 Å². The lowest BCUT2D eigenvalue weighted by atomic mass is 9.85. The summed E-state index contributed by atoms with van der Waals surface area (Å²) in [6.45, 7) is 8.80. The third-order valence-corrected chi connectivity index (χ3v) is 5.33. The molecular formula is C19H26N2O3S. The summed E-state index contributed by atoms with van der Waals surface area (Å²) in [5, 5.41) is 0. The molecule has 0 fully saturated rings. The highest BCUT2D eigenvalue weighted by Gasteiger charge is 2.20. The van der Waals surface area contributed by atoms with E-state index >= 15 is 0 Å². The number of aryl methyl sites for hydroxylation is 1. The van der Waals surface area contributed by atoms with E-state index in [2.05, 4.69) is 25.5 Å². The number of anilines is 1. The van der Waals surface area contributed by atoms with Gasteiger partial charge in [0.15, 0.2) is 0 Å². The van der Waals surface area contributed by atoms with Crippen molar-refractivity contribution in [3.63, 3.8) is 0 Å². The van der Waals surface area contributed by atoms with Crippen LogP contribution in [-0.2, 0) is 15.4 Å². The largest absolute Gasteiger partial charge is 0.492 e. The van der Waals surface area contributed by atoms with Crippen LogP contribution in [0.15, 0.2) is 47.4 Å². The predicted octanol–water partition coefficient (Wildman–Crippen LogP) is 3.23. The first kappa shape index (κ1) is 19.3. The summed E-state index contributed by atoms with van der Waals surface area (Å²) in [5.74, 6) is 0.821. The van der Waals surface area contributed by atoms with Gasteiger partial charge in [-0.05, 0) is 47.7 Å². The molecule has 0 heterocycles. The molecule has 0 saturated heterocycles. The third kappa shape index (κ3) is 4.96. The van der Waals surface area contributed by atoms with Gasteiger partial charge in [0.1, 0.15) is 12.4 Å². The molecule has 0 bridgehead atoms. The Morgan fingerprint density at radius 1 is 1.08 bits per heavy atom. The van der Waals surface area contributed by atoms with Crippen molar-refractivity contribution in [3.8, 4) is 5.75 Å². The van der Waals surface area contributed by atoms with Crippen molar-refractivity contribution >= 4 is 15.7 Å². The van der Waals surface area contributed by atoms with E-state index < -0.39 is 10.0 Å². The van der Waals surface area contributed by atoms with Crippen LogP contribution in [0.2, 0.25) is 0 Å². The number of nitrogens with one attached hydrogen (secondary N) is 1. The van der Waals surface area contributed by atoms with Crippen molar-refractivity contribution in [2.45, 2.75) is 38.0 Å². The topological polar surface area (TPSA) is 81.4 Å². The van der Waals surface area contributed by atoms with E-state index in [1.54, 1.807) is 12.1 Å². The number of hydrogen-bond donors (Lipinski definition) is 2. The highest BCUT2D eigenvalue weighted by atomic mass is 32.2. The molecule has 0 aromatic heterocycles. The smallest absolute Gasteiger partial charge is 0.240 e. The summed E-state index contributed by atoms with van der Waals surface area (Å²) in [6, 6.07) is 12.1. The first-order chi connectivity index (χ1) is 11.6. The van der Waals surface area contributed by atoms with Crippen LogP contribution in [0.25, 0.3) is 0 Å². The lowest BCUT2D eigenvalue weighted by molar-refractivity contribution is 0.311. The monoisotopic (exact) mass is 362 g/mol. The van der Waals surface area contributed by atoms with E-state index in [1.165, 1.54) is 12.1 Å². The van der Waals surface area contributed by atoms with Crippen LogP contribution in [0.5, 0.6) is 5.75 Å². The molecule has 5 nitrogen and oxygen atoms in total. The Morgan fingerprint density at radius 3 is 2.32 bits per heavy atom. The number of ether oxygens (including phenoxy) is 1. The molecule has 0 aliphatic heterocycles. The van der Waals surface area contributed by atoms with E-state index in [0.717, 1.165) is 16.9 Å². The summed E-state index contributed by atoms with van der Waals surface area (Å²) >= 11 is 0. The minimum absolute atomic E-state index is 0.0508. The van der Waals surface area contributed by atoms with Crippen LogP contribution in [0.3, 0.4) is 0 Å². The second kappa shape index (κ2) is 7.45. The molecule has 0 aliphatic rings. The molecule has 3 N–H and O–H groups in total. The molecular weight excluding hydrogens is 336 g/mol. The second-order valence-electron chi connectivity index (χ2n) is 7.02. The third-order valence-electron chi connectivity index (χ3n) is 3.85. The molecule has 0 atom stereocenters. The van der Waals surface area contributed by atoms with Gasteiger partial charge in [-0.1, -0.05) is 39.0 Å². The molecule has 0 spiro atoms. The van der Waals surface area contributed by atoms with Crippen molar-refractivity contribution in [2.75, 3.05) is 18.9 Å². The fraction of sp³-hybridized carbons (Fsp3) is 0.368. The SMILES string of the molecule is Cc1cccc(C(C)(C)C)c1OCCNS(=O)(=O)c1ccc(N)cc1. The molecule has 0 unspecified atom stereocenters. The molecule has 0 amide bonds. The minimum atomic E-state index is -3.57. The van der Waals surface area contributed by atoms with Gasteiger partial charge in [0, 0.05) is 12.2 Å². The van der Waals surface area contributed by atoms with Crippen molar-refractivity contribution in [3.05, 3.63) is 53.6 Å². The van der Waals surface area contributed by atoms with Gasteiger partial charge in [-0.2, -0.15) is 0 Å². The number of rotatable bonds is 6. The molecule has 2 aromatic carbocycles. The first-order valence-corrected chi connectivity index (χ1v) is 9.68. The van der Waals surface area contributed by atoms with Crippen molar-refractivity contribution in [1.82, 2.24) is 4.72 Å². The van der Waals surface area contributed by atoms with Crippen molar-refractivity contribution < 1.29 is 13.2 Å². The molecule has 0 aliphatic carbocycles. The molecule has 25 heavy (non-hydrogen) atoms. The van der Waals surface area contributed by atoms with Crippen LogP contribution in [0, 0.1) is 6.92 Å². The first-order valence-electron chi connectivity index (χ1n) is 8.19. The number of sulfonamides is 1. The average molecular weight is 362 g/mol. The fourth-order valence-corrected chi connectivity index (χ4v) is 3.51. The van der Waals surface area contributed by atoms with Gasteiger partial charge >= 0.3 is 0 Å². The van der Waals surface area contributed by atoms with Gasteiger partial charge in [-0.3, -0.25) is 0 Å². The van der Waals surface area contributed by atoms with Crippen LogP contribution >= 0.6 is 0 Å². The van der Waals surface area contributed by atoms with Gasteiger partial charge < -0.3 is 10.5 Å². The Kier molecular flexibility index (Phi) is 5.75. The van der Waals surface area contributed by atoms with E-state index in [1.807, 2.05) is 25.1 Å². The van der Waals surface area contributed by atoms with Crippen LogP contribution in [-0.4, -0.2) is 21.6 Å². The molecule has 2 rings (SSSR count). The molecule has 6 heteroatoms. The highest BCUT2D eigenvalue weighted by molar-refractivity contribution is 7.89. The summed E-state index contributed by atoms with van der Waals surface area (Å²) < 4.78 is 32.9. The maximum Gasteiger partial charge on any atom is 0.240 e. The van der Waals surface area contributed by atoms with Gasteiger partial charge in [-0.25, -0.2) is 13.1 Å². The summed E-state index contributed by atoms with van der Waals surface area (Å²) in [5.41, 5.74) is 8.20. The molecule has 0 saturated carbocycles. The zero-order valence-electron chi connectivity index (χ0n) is 15.2. The minimum Gasteiger partial charge on any atom is -0.492 e. The van der Waals surface area contributed by atoms with Gasteiger partial charge in [0.05, 0.1) is 4.90 Å². The Morgan fingerprint density at radius 2 is 1.72 bits per heavy atom. The number of hydrogen-bond acceptors (Lipinski definition) is 4. The molecule has 136 valence electrons. The summed E-state index contributed by atoms with van der Waals surface area (Å²) in [7, 11) is -3.57. The van der Waals surface area contributed by atoms with Crippen LogP contribution in [0.4, 0.5) is 5.69 Å². The maximum absolute atomic E-state index is 12.2. The predicted molar refractivity (Wildman–Crippen MR) is 101 cm³/mol. The zero-order valence-corrected chi connectivity index (χ0v) is 16.0. The van der Waals surface area contributed by atoms with E-state index in [9.17, 15) is 8.42 Å². The van der Waals surface area contributed by atoms with E-state index in [4.69, 9.17) is 10.5 Å². The Balaban J connectivity index is 2.01. The Bertz CT molecular complexity index is 823. The molecule has 2 aromatic rings. The fourth-order valence-electron chi connectivity index (χ4n) is 2.49. The van der Waals surface area contributed by atoms with Crippen LogP contribution < -0.4 is 15.2 Å². The number of nitrogens with two attached hydrogens (primary N) is 1. The number of para-hydroxylation sites is 1. The Labute approximate surface area is 150 Å². The van der Waals surface area contributed by atoms with Crippen molar-refractivity contribution in [2.24, 2.45) is 0 Å². The second-order valence-corrected chi connectivity index (χ2v) is 8.78. The standard InChI is InChI=1S/C19H26N2O3S/c1-14-6-5-7-17(19(2,3)4)18(14)24-13-12-21-25(22,23)16-10-8-15(20)9-11-16/h5-11,21H,12-13,20H2,1-4H3. The van der Waals surface area contributed by atoms with E-state index in [0.29, 0.717) is 5.69 Å². The average Bonchev–Trinajstić information content (AvgIpc) is 2.52. The number of benzene rings is 2. The van der Waals surface area contributed by atoms with Gasteiger partial charge in [-0.15, -0.1) is 0 Å². The normalized spacial score (nSPS) is 12.2. The quantitative estimate of drug-likeness (QED) is 0.611. The summed E-state index contributed by atoms with van der Waals surface area (Å²) in [6.07, 6.45) is 0. The number of nitrogen functional groups attached to an aromatic ring is 1. The molecule has 0 radical (unpaired) electrons. The van der Waals surface area contributed by atoms with E-state index in [-0.39, 0.29) is 23.5 Å². The zero-order chi connectivity index (χ0) is 18.7. The lowest BCUT2D eigenvalue weighted by Gasteiger charge is -2.24.